The van der Waals surface area contributed by atoms with Crippen LogP contribution in [0.5, 0.6) is 0 Å². The lowest BCUT2D eigenvalue weighted by atomic mass is 10.2. The van der Waals surface area contributed by atoms with Gasteiger partial charge in [-0.3, -0.25) is 0 Å². The summed E-state index contributed by atoms with van der Waals surface area (Å²) in [6.07, 6.45) is 6.40. The molecule has 1 N–H and O–H groups in total. The molecule has 1 heterocycles. The summed E-state index contributed by atoms with van der Waals surface area (Å²) < 4.78 is 7.63. The molecular formula is C20H30IN5O. The maximum Gasteiger partial charge on any atom is 0.194 e. The number of hydrogen-bond acceptors (Lipinski definition) is 3. The predicted molar refractivity (Wildman–Crippen MR) is 120 cm³/mol. The molecule has 0 saturated heterocycles. The van der Waals surface area contributed by atoms with Crippen LogP contribution in [0.4, 0.5) is 0 Å². The Morgan fingerprint density at radius 3 is 2.85 bits per heavy atom. The zero-order chi connectivity index (χ0) is 18.2. The van der Waals surface area contributed by atoms with Crippen LogP contribution < -0.4 is 5.32 Å². The molecule has 7 heteroatoms. The van der Waals surface area contributed by atoms with Gasteiger partial charge >= 0.3 is 0 Å². The summed E-state index contributed by atoms with van der Waals surface area (Å²) in [6.45, 7) is 6.00. The highest BCUT2D eigenvalue weighted by atomic mass is 127. The van der Waals surface area contributed by atoms with Crippen molar-refractivity contribution in [2.45, 2.75) is 26.3 Å². The number of likely N-dealkylation sites (N-methyl/N-ethyl adjacent to an activating group) is 1. The van der Waals surface area contributed by atoms with Crippen LogP contribution in [-0.4, -0.2) is 54.0 Å². The topological polar surface area (TPSA) is 54.7 Å². The standard InChI is InChI=1S/C20H29N5O.HI/c1-3-21-20(24(2)13-14-26-16-17-9-10-17)22-15-18-7-4-5-8-19(18)25-12-6-11-23-25;/h4-8,11-12,17H,3,9-10,13-16H2,1-2H3,(H,21,22);1H. The maximum atomic E-state index is 5.75. The second-order valence-electron chi connectivity index (χ2n) is 6.69. The van der Waals surface area contributed by atoms with E-state index in [9.17, 15) is 0 Å². The van der Waals surface area contributed by atoms with E-state index in [-0.39, 0.29) is 24.0 Å². The Morgan fingerprint density at radius 2 is 2.15 bits per heavy atom. The first kappa shape index (κ1) is 21.7. The van der Waals surface area contributed by atoms with Gasteiger partial charge in [0.2, 0.25) is 0 Å². The van der Waals surface area contributed by atoms with Crippen molar-refractivity contribution in [2.24, 2.45) is 10.9 Å². The van der Waals surface area contributed by atoms with Crippen molar-refractivity contribution in [3.63, 3.8) is 0 Å². The zero-order valence-corrected chi connectivity index (χ0v) is 18.5. The summed E-state index contributed by atoms with van der Waals surface area (Å²) in [7, 11) is 2.06. The molecule has 1 fully saturated rings. The lowest BCUT2D eigenvalue weighted by Crippen LogP contribution is -2.40. The van der Waals surface area contributed by atoms with E-state index in [1.807, 2.05) is 29.1 Å². The molecule has 1 aromatic carbocycles. The average Bonchev–Trinajstić information content (AvgIpc) is 3.33. The third kappa shape index (κ3) is 6.80. The summed E-state index contributed by atoms with van der Waals surface area (Å²) >= 11 is 0. The molecule has 1 aliphatic rings. The van der Waals surface area contributed by atoms with Gasteiger partial charge in [0.25, 0.3) is 0 Å². The molecule has 1 aliphatic carbocycles. The Morgan fingerprint density at radius 1 is 1.33 bits per heavy atom. The van der Waals surface area contributed by atoms with Crippen molar-refractivity contribution < 1.29 is 4.74 Å². The minimum atomic E-state index is 0. The molecule has 0 spiro atoms. The Bertz CT molecular complexity index is 700. The summed E-state index contributed by atoms with van der Waals surface area (Å²) in [5.41, 5.74) is 2.21. The third-order valence-corrected chi connectivity index (χ3v) is 4.46. The maximum absolute atomic E-state index is 5.75. The molecule has 0 amide bonds. The van der Waals surface area contributed by atoms with Crippen molar-refractivity contribution in [1.82, 2.24) is 20.0 Å². The molecule has 0 atom stereocenters. The highest BCUT2D eigenvalue weighted by Crippen LogP contribution is 2.28. The van der Waals surface area contributed by atoms with Crippen LogP contribution in [0.3, 0.4) is 0 Å². The van der Waals surface area contributed by atoms with Gasteiger partial charge in [-0.1, -0.05) is 18.2 Å². The molecule has 3 rings (SSSR count). The average molecular weight is 483 g/mol. The lowest BCUT2D eigenvalue weighted by molar-refractivity contribution is 0.115. The summed E-state index contributed by atoms with van der Waals surface area (Å²) in [6, 6.07) is 10.2. The van der Waals surface area contributed by atoms with E-state index in [2.05, 4.69) is 41.4 Å². The number of nitrogens with one attached hydrogen (secondary N) is 1. The van der Waals surface area contributed by atoms with Gasteiger partial charge in [0, 0.05) is 39.1 Å². The van der Waals surface area contributed by atoms with Gasteiger partial charge in [-0.15, -0.1) is 24.0 Å². The van der Waals surface area contributed by atoms with E-state index >= 15 is 0 Å². The summed E-state index contributed by atoms with van der Waals surface area (Å²) in [5.74, 6) is 1.71. The normalized spacial score (nSPS) is 13.9. The van der Waals surface area contributed by atoms with Crippen molar-refractivity contribution in [3.8, 4) is 5.69 Å². The molecule has 0 bridgehead atoms. The molecule has 0 aliphatic heterocycles. The van der Waals surface area contributed by atoms with Crippen molar-refractivity contribution in [3.05, 3.63) is 48.3 Å². The molecular weight excluding hydrogens is 453 g/mol. The second-order valence-corrected chi connectivity index (χ2v) is 6.69. The van der Waals surface area contributed by atoms with E-state index in [0.717, 1.165) is 49.4 Å². The van der Waals surface area contributed by atoms with Gasteiger partial charge < -0.3 is 15.0 Å². The Balaban J connectivity index is 0.00000261. The Labute approximate surface area is 179 Å². The Hall–Kier alpha value is -1.61. The van der Waals surface area contributed by atoms with Crippen LogP contribution in [0.2, 0.25) is 0 Å². The smallest absolute Gasteiger partial charge is 0.194 e. The van der Waals surface area contributed by atoms with Crippen LogP contribution in [-0.2, 0) is 11.3 Å². The predicted octanol–water partition coefficient (Wildman–Crippen LogP) is 3.31. The van der Waals surface area contributed by atoms with Crippen LogP contribution in [0, 0.1) is 5.92 Å². The molecule has 148 valence electrons. The lowest BCUT2D eigenvalue weighted by Gasteiger charge is -2.22. The minimum absolute atomic E-state index is 0. The van der Waals surface area contributed by atoms with Gasteiger partial charge in [-0.2, -0.15) is 5.10 Å². The number of aromatic nitrogens is 2. The summed E-state index contributed by atoms with van der Waals surface area (Å²) in [5, 5.41) is 7.71. The van der Waals surface area contributed by atoms with Crippen molar-refractivity contribution >= 4 is 29.9 Å². The minimum Gasteiger partial charge on any atom is -0.379 e. The van der Waals surface area contributed by atoms with Gasteiger partial charge in [-0.25, -0.2) is 9.67 Å². The van der Waals surface area contributed by atoms with E-state index < -0.39 is 0 Å². The first-order valence-electron chi connectivity index (χ1n) is 9.43. The molecule has 6 nitrogen and oxygen atoms in total. The van der Waals surface area contributed by atoms with Crippen LogP contribution in [0.1, 0.15) is 25.3 Å². The molecule has 0 radical (unpaired) electrons. The van der Waals surface area contributed by atoms with Crippen LogP contribution in [0.25, 0.3) is 5.69 Å². The molecule has 2 aromatic rings. The van der Waals surface area contributed by atoms with Crippen LogP contribution >= 0.6 is 24.0 Å². The Kier molecular flexibility index (Phi) is 9.06. The number of guanidine groups is 1. The van der Waals surface area contributed by atoms with Gasteiger partial charge in [0.15, 0.2) is 5.96 Å². The quantitative estimate of drug-likeness (QED) is 0.258. The number of nitrogens with zero attached hydrogens (tertiary/aromatic N) is 4. The molecule has 1 aromatic heterocycles. The molecule has 1 saturated carbocycles. The summed E-state index contributed by atoms with van der Waals surface area (Å²) in [4.78, 5) is 6.95. The van der Waals surface area contributed by atoms with E-state index in [1.54, 1.807) is 6.20 Å². The monoisotopic (exact) mass is 483 g/mol. The highest BCUT2D eigenvalue weighted by molar-refractivity contribution is 14.0. The zero-order valence-electron chi connectivity index (χ0n) is 16.2. The van der Waals surface area contributed by atoms with Crippen molar-refractivity contribution in [1.29, 1.82) is 0 Å². The fourth-order valence-electron chi connectivity index (χ4n) is 2.75. The number of hydrogen-bond donors (Lipinski definition) is 1. The number of halogens is 1. The number of rotatable bonds is 9. The van der Waals surface area contributed by atoms with E-state index in [4.69, 9.17) is 9.73 Å². The number of ether oxygens (including phenoxy) is 1. The second kappa shape index (κ2) is 11.3. The van der Waals surface area contributed by atoms with Gasteiger partial charge in [0.05, 0.1) is 18.8 Å². The number of benzene rings is 1. The third-order valence-electron chi connectivity index (χ3n) is 4.46. The highest BCUT2D eigenvalue weighted by Gasteiger charge is 2.21. The first-order valence-corrected chi connectivity index (χ1v) is 9.43. The number of para-hydroxylation sites is 1. The van der Waals surface area contributed by atoms with Gasteiger partial charge in [0.1, 0.15) is 0 Å². The first-order chi connectivity index (χ1) is 12.8. The van der Waals surface area contributed by atoms with E-state index in [1.165, 1.54) is 12.8 Å². The SMILES string of the molecule is CCNC(=NCc1ccccc1-n1cccn1)N(C)CCOCC1CC1.I. The number of aliphatic imine (C=N–C) groups is 1. The van der Waals surface area contributed by atoms with Crippen molar-refractivity contribution in [2.75, 3.05) is 33.4 Å². The van der Waals surface area contributed by atoms with E-state index in [0.29, 0.717) is 6.54 Å². The fourth-order valence-corrected chi connectivity index (χ4v) is 2.75. The van der Waals surface area contributed by atoms with Crippen LogP contribution in [0.15, 0.2) is 47.7 Å². The fraction of sp³-hybridized carbons (Fsp3) is 0.500. The van der Waals surface area contributed by atoms with Gasteiger partial charge in [-0.05, 0) is 43.4 Å². The molecule has 27 heavy (non-hydrogen) atoms. The molecule has 0 unspecified atom stereocenters. The largest absolute Gasteiger partial charge is 0.379 e.